The van der Waals surface area contributed by atoms with Crippen LogP contribution in [0.1, 0.15) is 34.6 Å². The molecule has 10 heteroatoms. The van der Waals surface area contributed by atoms with Crippen LogP contribution in [-0.2, 0) is 0 Å². The molecule has 1 unspecified atom stereocenters. The zero-order valence-corrected chi connectivity index (χ0v) is 17.6. The van der Waals surface area contributed by atoms with Gasteiger partial charge in [0.05, 0.1) is 23.6 Å². The summed E-state index contributed by atoms with van der Waals surface area (Å²) in [6, 6.07) is 8.51. The Morgan fingerprint density at radius 3 is 2.84 bits per heavy atom. The van der Waals surface area contributed by atoms with Gasteiger partial charge in [0, 0.05) is 5.02 Å². The highest BCUT2D eigenvalue weighted by atomic mass is 35.5. The molecule has 31 heavy (non-hydrogen) atoms. The summed E-state index contributed by atoms with van der Waals surface area (Å²) in [5, 5.41) is 18.9. The molecular weight excluding hydrogens is 442 g/mol. The van der Waals surface area contributed by atoms with Gasteiger partial charge in [-0.1, -0.05) is 29.0 Å². The summed E-state index contributed by atoms with van der Waals surface area (Å²) in [5.74, 6) is -0.371. The number of benzene rings is 2. The van der Waals surface area contributed by atoms with E-state index in [4.69, 9.17) is 20.8 Å². The second-order valence-electron chi connectivity index (χ2n) is 6.77. The summed E-state index contributed by atoms with van der Waals surface area (Å²) in [6.07, 6.45) is 0. The van der Waals surface area contributed by atoms with Crippen LogP contribution in [0.4, 0.5) is 5.13 Å². The van der Waals surface area contributed by atoms with Gasteiger partial charge in [-0.3, -0.25) is 14.5 Å². The van der Waals surface area contributed by atoms with Gasteiger partial charge in [-0.2, -0.15) is 0 Å². The van der Waals surface area contributed by atoms with E-state index in [1.165, 1.54) is 22.5 Å². The van der Waals surface area contributed by atoms with Crippen molar-refractivity contribution in [3.05, 3.63) is 74.0 Å². The zero-order valence-electron chi connectivity index (χ0n) is 16.0. The minimum absolute atomic E-state index is 0.0464. The van der Waals surface area contributed by atoms with E-state index in [2.05, 4.69) is 10.2 Å². The van der Waals surface area contributed by atoms with Crippen LogP contribution in [0.5, 0.6) is 11.5 Å². The second kappa shape index (κ2) is 7.36. The van der Waals surface area contributed by atoms with Crippen LogP contribution in [0.15, 0.2) is 51.1 Å². The Bertz CT molecular complexity index is 1390. The van der Waals surface area contributed by atoms with Crippen molar-refractivity contribution < 1.29 is 19.1 Å². The van der Waals surface area contributed by atoms with Gasteiger partial charge in [-0.05, 0) is 42.8 Å². The number of anilines is 1. The van der Waals surface area contributed by atoms with E-state index in [-0.39, 0.29) is 39.2 Å². The van der Waals surface area contributed by atoms with E-state index in [0.29, 0.717) is 22.3 Å². The van der Waals surface area contributed by atoms with Crippen LogP contribution in [0.3, 0.4) is 0 Å². The van der Waals surface area contributed by atoms with Crippen LogP contribution in [0.25, 0.3) is 11.0 Å². The molecule has 1 N–H and O–H groups in total. The van der Waals surface area contributed by atoms with Crippen LogP contribution >= 0.6 is 22.9 Å². The first-order valence-electron chi connectivity index (χ1n) is 9.31. The minimum atomic E-state index is -0.838. The molecule has 1 atom stereocenters. The number of aromatic hydroxyl groups is 1. The lowest BCUT2D eigenvalue weighted by Gasteiger charge is -2.22. The lowest BCUT2D eigenvalue weighted by atomic mass is 9.98. The van der Waals surface area contributed by atoms with Gasteiger partial charge in [0.2, 0.25) is 10.9 Å². The first-order chi connectivity index (χ1) is 15.0. The zero-order chi connectivity index (χ0) is 21.7. The molecule has 2 aromatic carbocycles. The highest BCUT2D eigenvalue weighted by Crippen LogP contribution is 2.43. The summed E-state index contributed by atoms with van der Waals surface area (Å²) in [6.45, 7) is 2.13. The van der Waals surface area contributed by atoms with Gasteiger partial charge >= 0.3 is 0 Å². The Morgan fingerprint density at radius 2 is 2.10 bits per heavy atom. The largest absolute Gasteiger partial charge is 0.504 e. The van der Waals surface area contributed by atoms with Crippen molar-refractivity contribution in [2.45, 2.75) is 13.0 Å². The lowest BCUT2D eigenvalue weighted by molar-refractivity contribution is 0.0970. The normalized spacial score (nSPS) is 15.5. The summed E-state index contributed by atoms with van der Waals surface area (Å²) in [4.78, 5) is 28.2. The van der Waals surface area contributed by atoms with Crippen LogP contribution in [-0.4, -0.2) is 27.8 Å². The molecule has 3 heterocycles. The van der Waals surface area contributed by atoms with E-state index in [1.807, 2.05) is 0 Å². The Morgan fingerprint density at radius 1 is 1.26 bits per heavy atom. The highest BCUT2D eigenvalue weighted by Gasteiger charge is 2.45. The Balaban J connectivity index is 1.80. The molecule has 0 bridgehead atoms. The smallest absolute Gasteiger partial charge is 0.297 e. The maximum Gasteiger partial charge on any atom is 0.297 e. The SMILES string of the molecule is CCOc1cc(C2c3c(oc4ccc(Cl)cc4c3=O)C(=O)N2c2nncs2)ccc1O. The van der Waals surface area contributed by atoms with Crippen molar-refractivity contribution in [2.24, 2.45) is 0 Å². The molecule has 1 aliphatic rings. The van der Waals surface area contributed by atoms with Crippen molar-refractivity contribution >= 4 is 44.9 Å². The van der Waals surface area contributed by atoms with E-state index in [0.717, 1.165) is 11.3 Å². The van der Waals surface area contributed by atoms with Gasteiger partial charge in [0.15, 0.2) is 16.9 Å². The Hall–Kier alpha value is -3.43. The number of rotatable bonds is 4. The molecule has 0 radical (unpaired) electrons. The molecule has 0 saturated carbocycles. The summed E-state index contributed by atoms with van der Waals surface area (Å²) in [5.41, 5.74) is 2.12. The number of ether oxygens (including phenoxy) is 1. The molecule has 156 valence electrons. The number of aromatic nitrogens is 2. The minimum Gasteiger partial charge on any atom is -0.504 e. The summed E-state index contributed by atoms with van der Waals surface area (Å²) in [7, 11) is 0. The van der Waals surface area contributed by atoms with Crippen molar-refractivity contribution in [2.75, 3.05) is 11.5 Å². The molecule has 2 aromatic heterocycles. The molecule has 4 aromatic rings. The molecule has 1 amide bonds. The van der Waals surface area contributed by atoms with Crippen molar-refractivity contribution in [3.8, 4) is 11.5 Å². The molecule has 1 aliphatic heterocycles. The molecule has 0 aliphatic carbocycles. The van der Waals surface area contributed by atoms with Crippen molar-refractivity contribution in [1.82, 2.24) is 10.2 Å². The number of phenolic OH excluding ortho intramolecular Hbond substituents is 1. The molecule has 0 saturated heterocycles. The van der Waals surface area contributed by atoms with E-state index in [9.17, 15) is 14.7 Å². The summed E-state index contributed by atoms with van der Waals surface area (Å²) < 4.78 is 11.4. The third-order valence-electron chi connectivity index (χ3n) is 4.99. The summed E-state index contributed by atoms with van der Waals surface area (Å²) >= 11 is 7.25. The highest BCUT2D eigenvalue weighted by molar-refractivity contribution is 7.13. The fourth-order valence-electron chi connectivity index (χ4n) is 3.70. The van der Waals surface area contributed by atoms with Crippen LogP contribution < -0.4 is 15.1 Å². The van der Waals surface area contributed by atoms with Gasteiger partial charge in [-0.15, -0.1) is 10.2 Å². The monoisotopic (exact) mass is 455 g/mol. The Labute approximate surface area is 184 Å². The molecule has 8 nitrogen and oxygen atoms in total. The maximum absolute atomic E-state index is 13.5. The maximum atomic E-state index is 13.5. The van der Waals surface area contributed by atoms with Gasteiger partial charge in [0.25, 0.3) is 5.91 Å². The number of fused-ring (bicyclic) bond motifs is 2. The van der Waals surface area contributed by atoms with Crippen molar-refractivity contribution in [3.63, 3.8) is 0 Å². The van der Waals surface area contributed by atoms with Crippen molar-refractivity contribution in [1.29, 1.82) is 0 Å². The molecule has 0 spiro atoms. The third-order valence-corrected chi connectivity index (χ3v) is 5.91. The number of halogens is 1. The molecule has 5 rings (SSSR count). The predicted molar refractivity (Wildman–Crippen MR) is 115 cm³/mol. The first kappa shape index (κ1) is 19.5. The number of phenols is 1. The predicted octanol–water partition coefficient (Wildman–Crippen LogP) is 4.15. The van der Waals surface area contributed by atoms with Gasteiger partial charge in [0.1, 0.15) is 11.1 Å². The fourth-order valence-corrected chi connectivity index (χ4v) is 4.46. The second-order valence-corrected chi connectivity index (χ2v) is 8.02. The number of amides is 1. The molecule has 0 fully saturated rings. The number of carbonyl (C=O) groups excluding carboxylic acids is 1. The standard InChI is InChI=1S/C21H14ClN3O5S/c1-2-29-15-7-10(3-5-13(15)26)17-16-18(27)12-8-11(22)4-6-14(12)30-19(16)20(28)25(17)21-24-23-9-31-21/h3-9,17,26H,2H2,1H3. The number of nitrogens with zero attached hydrogens (tertiary/aromatic N) is 3. The number of hydrogen-bond acceptors (Lipinski definition) is 8. The third kappa shape index (κ3) is 3.05. The fraction of sp³-hybridized carbons (Fsp3) is 0.143. The lowest BCUT2D eigenvalue weighted by Crippen LogP contribution is -2.29. The van der Waals surface area contributed by atoms with E-state index < -0.39 is 11.9 Å². The quantitative estimate of drug-likeness (QED) is 0.492. The Kier molecular flexibility index (Phi) is 4.64. The first-order valence-corrected chi connectivity index (χ1v) is 10.6. The average molecular weight is 456 g/mol. The number of carbonyl (C=O) groups is 1. The van der Waals surface area contributed by atoms with Crippen LogP contribution in [0.2, 0.25) is 5.02 Å². The topological polar surface area (TPSA) is 106 Å². The number of hydrogen-bond donors (Lipinski definition) is 1. The average Bonchev–Trinajstić information content (AvgIpc) is 3.37. The van der Waals surface area contributed by atoms with Crippen LogP contribution in [0, 0.1) is 0 Å². The van der Waals surface area contributed by atoms with Gasteiger partial charge in [-0.25, -0.2) is 0 Å². The van der Waals surface area contributed by atoms with E-state index >= 15 is 0 Å². The van der Waals surface area contributed by atoms with E-state index in [1.54, 1.807) is 31.2 Å². The van der Waals surface area contributed by atoms with Gasteiger partial charge < -0.3 is 14.3 Å². The molecular formula is C21H14ClN3O5S.